The summed E-state index contributed by atoms with van der Waals surface area (Å²) >= 11 is 1.45. The standard InChI is InChI=1S/C13H12N4O2S/c1-8-5-11(17-16-8)15-12(18)6-9-7-20-13(14-9)10-3-2-4-19-10/h2-5,7H,6H2,1H3,(H2,15,16,17,18). The maximum absolute atomic E-state index is 11.9. The smallest absolute Gasteiger partial charge is 0.231 e. The number of hydrogen-bond donors (Lipinski definition) is 2. The van der Waals surface area contributed by atoms with Gasteiger partial charge >= 0.3 is 0 Å². The van der Waals surface area contributed by atoms with Gasteiger partial charge < -0.3 is 9.73 Å². The third-order valence-corrected chi connectivity index (χ3v) is 3.50. The number of carbonyl (C=O) groups is 1. The summed E-state index contributed by atoms with van der Waals surface area (Å²) < 4.78 is 5.27. The maximum atomic E-state index is 11.9. The van der Waals surface area contributed by atoms with Crippen molar-refractivity contribution in [3.8, 4) is 10.8 Å². The zero-order chi connectivity index (χ0) is 13.9. The molecule has 0 aliphatic carbocycles. The minimum atomic E-state index is -0.146. The summed E-state index contributed by atoms with van der Waals surface area (Å²) in [5, 5.41) is 12.1. The highest BCUT2D eigenvalue weighted by Crippen LogP contribution is 2.24. The molecule has 2 N–H and O–H groups in total. The first-order valence-electron chi connectivity index (χ1n) is 6.01. The van der Waals surface area contributed by atoms with Crippen molar-refractivity contribution in [3.63, 3.8) is 0 Å². The summed E-state index contributed by atoms with van der Waals surface area (Å²) in [7, 11) is 0. The first kappa shape index (κ1) is 12.6. The SMILES string of the molecule is Cc1cc(NC(=O)Cc2csc(-c3ccco3)n2)n[nH]1. The molecule has 1 amide bonds. The maximum Gasteiger partial charge on any atom is 0.231 e. The second kappa shape index (κ2) is 5.30. The Kier molecular flexibility index (Phi) is 3.34. The van der Waals surface area contributed by atoms with Gasteiger partial charge in [0.1, 0.15) is 0 Å². The number of carbonyl (C=O) groups excluding carboxylic acids is 1. The van der Waals surface area contributed by atoms with E-state index in [0.29, 0.717) is 17.3 Å². The number of aromatic nitrogens is 3. The Morgan fingerprint density at radius 3 is 3.15 bits per heavy atom. The number of anilines is 1. The molecule has 0 radical (unpaired) electrons. The number of nitrogens with one attached hydrogen (secondary N) is 2. The molecular formula is C13H12N4O2S. The molecule has 7 heteroatoms. The lowest BCUT2D eigenvalue weighted by atomic mass is 10.3. The van der Waals surface area contributed by atoms with Crippen molar-refractivity contribution in [3.05, 3.63) is 41.2 Å². The molecule has 0 aromatic carbocycles. The van der Waals surface area contributed by atoms with Gasteiger partial charge in [0, 0.05) is 17.1 Å². The van der Waals surface area contributed by atoms with E-state index in [1.54, 1.807) is 12.3 Å². The van der Waals surface area contributed by atoms with Crippen molar-refractivity contribution < 1.29 is 9.21 Å². The number of H-pyrrole nitrogens is 1. The van der Waals surface area contributed by atoms with Crippen LogP contribution in [0.3, 0.4) is 0 Å². The normalized spacial score (nSPS) is 10.7. The molecule has 3 heterocycles. The molecule has 3 rings (SSSR count). The van der Waals surface area contributed by atoms with E-state index in [2.05, 4.69) is 20.5 Å². The van der Waals surface area contributed by atoms with Crippen LogP contribution in [0, 0.1) is 6.92 Å². The number of aromatic amines is 1. The predicted molar refractivity (Wildman–Crippen MR) is 75.5 cm³/mol. The zero-order valence-corrected chi connectivity index (χ0v) is 11.5. The molecule has 3 aromatic rings. The van der Waals surface area contributed by atoms with Gasteiger partial charge in [0.25, 0.3) is 0 Å². The van der Waals surface area contributed by atoms with E-state index in [1.165, 1.54) is 11.3 Å². The number of amides is 1. The average molecular weight is 288 g/mol. The fourth-order valence-electron chi connectivity index (χ4n) is 1.74. The Hall–Kier alpha value is -2.41. The summed E-state index contributed by atoms with van der Waals surface area (Å²) in [6.45, 7) is 1.87. The van der Waals surface area contributed by atoms with E-state index in [0.717, 1.165) is 10.7 Å². The Labute approximate surface area is 118 Å². The lowest BCUT2D eigenvalue weighted by Crippen LogP contribution is -2.14. The fourth-order valence-corrected chi connectivity index (χ4v) is 2.52. The highest BCUT2D eigenvalue weighted by atomic mass is 32.1. The van der Waals surface area contributed by atoms with Crippen molar-refractivity contribution in [2.45, 2.75) is 13.3 Å². The van der Waals surface area contributed by atoms with Crippen molar-refractivity contribution in [1.29, 1.82) is 0 Å². The average Bonchev–Trinajstić information content (AvgIpc) is 3.10. The van der Waals surface area contributed by atoms with Gasteiger partial charge in [-0.1, -0.05) is 0 Å². The highest BCUT2D eigenvalue weighted by molar-refractivity contribution is 7.13. The molecular weight excluding hydrogens is 276 g/mol. The number of rotatable bonds is 4. The Bertz CT molecular complexity index is 714. The zero-order valence-electron chi connectivity index (χ0n) is 10.7. The molecule has 20 heavy (non-hydrogen) atoms. The summed E-state index contributed by atoms with van der Waals surface area (Å²) in [6.07, 6.45) is 1.81. The molecule has 0 spiro atoms. The van der Waals surface area contributed by atoms with Crippen LogP contribution < -0.4 is 5.32 Å². The second-order valence-electron chi connectivity index (χ2n) is 4.28. The van der Waals surface area contributed by atoms with Crippen molar-refractivity contribution >= 4 is 23.1 Å². The summed E-state index contributed by atoms with van der Waals surface area (Å²) in [5.74, 6) is 1.09. The minimum absolute atomic E-state index is 0.146. The van der Waals surface area contributed by atoms with Crippen LogP contribution in [0.15, 0.2) is 34.3 Å². The second-order valence-corrected chi connectivity index (χ2v) is 5.14. The first-order chi connectivity index (χ1) is 9.70. The largest absolute Gasteiger partial charge is 0.462 e. The number of furan rings is 1. The molecule has 3 aromatic heterocycles. The van der Waals surface area contributed by atoms with Crippen molar-refractivity contribution in [2.24, 2.45) is 0 Å². The molecule has 0 aliphatic heterocycles. The van der Waals surface area contributed by atoms with Crippen LogP contribution in [0.25, 0.3) is 10.8 Å². The van der Waals surface area contributed by atoms with Crippen LogP contribution >= 0.6 is 11.3 Å². The third kappa shape index (κ3) is 2.77. The third-order valence-electron chi connectivity index (χ3n) is 2.60. The van der Waals surface area contributed by atoms with Crippen molar-refractivity contribution in [2.75, 3.05) is 5.32 Å². The van der Waals surface area contributed by atoms with Crippen molar-refractivity contribution in [1.82, 2.24) is 15.2 Å². The van der Waals surface area contributed by atoms with E-state index < -0.39 is 0 Å². The predicted octanol–water partition coefficient (Wildman–Crippen LogP) is 2.62. The van der Waals surface area contributed by atoms with Gasteiger partial charge in [-0.2, -0.15) is 5.10 Å². The summed E-state index contributed by atoms with van der Waals surface area (Å²) in [4.78, 5) is 16.2. The fraction of sp³-hybridized carbons (Fsp3) is 0.154. The van der Waals surface area contributed by atoms with Crippen LogP contribution in [0.2, 0.25) is 0 Å². The van der Waals surface area contributed by atoms with Gasteiger partial charge in [0.2, 0.25) is 5.91 Å². The molecule has 0 saturated heterocycles. The van der Waals surface area contributed by atoms with E-state index in [1.807, 2.05) is 24.4 Å². The van der Waals surface area contributed by atoms with Crippen LogP contribution in [0.1, 0.15) is 11.4 Å². The van der Waals surface area contributed by atoms with E-state index in [4.69, 9.17) is 4.42 Å². The molecule has 0 saturated carbocycles. The number of aryl methyl sites for hydroxylation is 1. The lowest BCUT2D eigenvalue weighted by Gasteiger charge is -1.98. The van der Waals surface area contributed by atoms with Crippen LogP contribution in [-0.4, -0.2) is 21.1 Å². The van der Waals surface area contributed by atoms with Crippen LogP contribution in [0.5, 0.6) is 0 Å². The highest BCUT2D eigenvalue weighted by Gasteiger charge is 2.11. The summed E-state index contributed by atoms with van der Waals surface area (Å²) in [5.41, 5.74) is 1.61. The van der Waals surface area contributed by atoms with E-state index in [9.17, 15) is 4.79 Å². The molecule has 0 aliphatic rings. The molecule has 0 unspecified atom stereocenters. The van der Waals surface area contributed by atoms with Gasteiger partial charge in [0.05, 0.1) is 18.4 Å². The number of hydrogen-bond acceptors (Lipinski definition) is 5. The minimum Gasteiger partial charge on any atom is -0.462 e. The van der Waals surface area contributed by atoms with Crippen LogP contribution in [0.4, 0.5) is 5.82 Å². The van der Waals surface area contributed by atoms with E-state index in [-0.39, 0.29) is 12.3 Å². The quantitative estimate of drug-likeness (QED) is 0.773. The van der Waals surface area contributed by atoms with E-state index >= 15 is 0 Å². The Morgan fingerprint density at radius 1 is 1.55 bits per heavy atom. The Balaban J connectivity index is 1.64. The van der Waals surface area contributed by atoms with Gasteiger partial charge in [0.15, 0.2) is 16.6 Å². The topological polar surface area (TPSA) is 83.8 Å². The van der Waals surface area contributed by atoms with Gasteiger partial charge in [-0.3, -0.25) is 9.89 Å². The van der Waals surface area contributed by atoms with Gasteiger partial charge in [-0.25, -0.2) is 4.98 Å². The first-order valence-corrected chi connectivity index (χ1v) is 6.89. The number of nitrogens with zero attached hydrogens (tertiary/aromatic N) is 2. The van der Waals surface area contributed by atoms with Crippen LogP contribution in [-0.2, 0) is 11.2 Å². The molecule has 0 atom stereocenters. The number of thiazole rings is 1. The molecule has 6 nitrogen and oxygen atoms in total. The monoisotopic (exact) mass is 288 g/mol. The lowest BCUT2D eigenvalue weighted by molar-refractivity contribution is -0.115. The van der Waals surface area contributed by atoms with Gasteiger partial charge in [-0.15, -0.1) is 11.3 Å². The molecule has 0 bridgehead atoms. The molecule has 0 fully saturated rings. The molecule has 102 valence electrons. The van der Waals surface area contributed by atoms with Gasteiger partial charge in [-0.05, 0) is 19.1 Å². The summed E-state index contributed by atoms with van der Waals surface area (Å²) in [6, 6.07) is 5.42. The Morgan fingerprint density at radius 2 is 2.45 bits per heavy atom.